The minimum atomic E-state index is -3.73. The number of nitrogens with zero attached hydrogens (tertiary/aromatic N) is 3. The molecule has 0 N–H and O–H groups in total. The van der Waals surface area contributed by atoms with E-state index in [2.05, 4.69) is 11.1 Å². The van der Waals surface area contributed by atoms with Crippen LogP contribution in [0.2, 0.25) is 0 Å². The Morgan fingerprint density at radius 1 is 1.00 bits per heavy atom. The van der Waals surface area contributed by atoms with Crippen LogP contribution in [0.5, 0.6) is 0 Å². The zero-order valence-corrected chi connectivity index (χ0v) is 20.2. The molecule has 0 saturated carbocycles. The zero-order chi connectivity index (χ0) is 23.5. The van der Waals surface area contributed by atoms with Crippen molar-refractivity contribution < 1.29 is 12.8 Å². The number of para-hydroxylation sites is 2. The number of pyridine rings is 1. The van der Waals surface area contributed by atoms with E-state index in [-0.39, 0.29) is 16.7 Å². The van der Waals surface area contributed by atoms with Crippen LogP contribution in [0.25, 0.3) is 32.8 Å². The summed E-state index contributed by atoms with van der Waals surface area (Å²) < 4.78 is 31.1. The maximum absolute atomic E-state index is 12.8. The van der Waals surface area contributed by atoms with Gasteiger partial charge in [-0.1, -0.05) is 48.5 Å². The number of hydrogen-bond donors (Lipinski definition) is 0. The molecular formula is C25H17N3O3S3. The monoisotopic (exact) mass is 503 g/mol. The summed E-state index contributed by atoms with van der Waals surface area (Å²) in [5, 5.41) is 12.1. The quantitative estimate of drug-likeness (QED) is 0.249. The SMILES string of the molecule is N#Cc1c(-c2ccccc2)cc(-c2cccs2)nc1SCCS(=O)(=O)c1nc2ccccc2o1. The maximum atomic E-state index is 12.8. The summed E-state index contributed by atoms with van der Waals surface area (Å²) in [6.45, 7) is 0. The van der Waals surface area contributed by atoms with Crippen LogP contribution < -0.4 is 0 Å². The molecule has 0 spiro atoms. The molecule has 5 rings (SSSR count). The molecule has 34 heavy (non-hydrogen) atoms. The molecule has 9 heteroatoms. The summed E-state index contributed by atoms with van der Waals surface area (Å²) in [6.07, 6.45) is 0. The third kappa shape index (κ3) is 4.48. The number of nitriles is 1. The number of hydrogen-bond acceptors (Lipinski definition) is 8. The molecule has 6 nitrogen and oxygen atoms in total. The van der Waals surface area contributed by atoms with Gasteiger partial charge in [-0.15, -0.1) is 23.1 Å². The van der Waals surface area contributed by atoms with Crippen LogP contribution in [-0.4, -0.2) is 29.9 Å². The molecule has 0 atom stereocenters. The summed E-state index contributed by atoms with van der Waals surface area (Å²) >= 11 is 2.80. The summed E-state index contributed by atoms with van der Waals surface area (Å²) in [6, 6.07) is 24.7. The molecule has 2 aromatic carbocycles. The molecule has 0 aliphatic carbocycles. The van der Waals surface area contributed by atoms with Crippen molar-refractivity contribution in [1.29, 1.82) is 5.26 Å². The molecule has 0 bridgehead atoms. The topological polar surface area (TPSA) is 96.8 Å². The van der Waals surface area contributed by atoms with Gasteiger partial charge in [0.15, 0.2) is 5.58 Å². The van der Waals surface area contributed by atoms with Gasteiger partial charge in [0.05, 0.1) is 21.9 Å². The molecule has 0 saturated heterocycles. The average molecular weight is 504 g/mol. The Bertz CT molecular complexity index is 1570. The van der Waals surface area contributed by atoms with Crippen molar-refractivity contribution in [2.24, 2.45) is 0 Å². The second-order valence-corrected chi connectivity index (χ2v) is 11.3. The molecule has 3 heterocycles. The standard InChI is InChI=1S/C25H17N3O3S3/c26-16-19-18(17-7-2-1-3-8-17)15-21(23-11-6-12-32-23)27-24(19)33-13-14-34(29,30)25-28-20-9-4-5-10-22(20)31-25/h1-12,15H,13-14H2. The van der Waals surface area contributed by atoms with Gasteiger partial charge in [0, 0.05) is 11.3 Å². The lowest BCUT2D eigenvalue weighted by Gasteiger charge is -2.11. The Morgan fingerprint density at radius 3 is 2.53 bits per heavy atom. The first-order valence-corrected chi connectivity index (χ1v) is 13.8. The molecule has 0 radical (unpaired) electrons. The number of rotatable bonds is 7. The molecule has 3 aromatic heterocycles. The van der Waals surface area contributed by atoms with Crippen LogP contribution in [0.15, 0.2) is 92.8 Å². The van der Waals surface area contributed by atoms with E-state index in [0.29, 0.717) is 21.7 Å². The number of thioether (sulfide) groups is 1. The van der Waals surface area contributed by atoms with Crippen LogP contribution in [0.4, 0.5) is 0 Å². The van der Waals surface area contributed by atoms with E-state index in [1.807, 2.05) is 53.9 Å². The minimum Gasteiger partial charge on any atom is -0.428 e. The Labute approximate surface area is 204 Å². The lowest BCUT2D eigenvalue weighted by atomic mass is 10.0. The predicted octanol–water partition coefficient (Wildman–Crippen LogP) is 6.06. The second-order valence-electron chi connectivity index (χ2n) is 7.31. The van der Waals surface area contributed by atoms with Gasteiger partial charge < -0.3 is 4.42 Å². The summed E-state index contributed by atoms with van der Waals surface area (Å²) in [5.74, 6) is 0.00575. The van der Waals surface area contributed by atoms with Crippen LogP contribution >= 0.6 is 23.1 Å². The lowest BCUT2D eigenvalue weighted by molar-refractivity contribution is 0.459. The Hall–Kier alpha value is -3.45. The molecule has 5 aromatic rings. The van der Waals surface area contributed by atoms with E-state index in [1.165, 1.54) is 11.8 Å². The Balaban J connectivity index is 1.46. The molecule has 0 fully saturated rings. The van der Waals surface area contributed by atoms with Crippen molar-refractivity contribution in [3.63, 3.8) is 0 Å². The number of aromatic nitrogens is 2. The highest BCUT2D eigenvalue weighted by Crippen LogP contribution is 2.35. The third-order valence-corrected chi connectivity index (χ3v) is 8.66. The van der Waals surface area contributed by atoms with Crippen LogP contribution in [0.3, 0.4) is 0 Å². The highest BCUT2D eigenvalue weighted by molar-refractivity contribution is 8.00. The van der Waals surface area contributed by atoms with E-state index in [0.717, 1.165) is 21.7 Å². The van der Waals surface area contributed by atoms with Crippen molar-refractivity contribution in [2.45, 2.75) is 10.2 Å². The number of fused-ring (bicyclic) bond motifs is 1. The Kier molecular flexibility index (Phi) is 6.20. The largest absolute Gasteiger partial charge is 0.428 e. The van der Waals surface area contributed by atoms with Gasteiger partial charge >= 0.3 is 5.22 Å². The maximum Gasteiger partial charge on any atom is 0.316 e. The van der Waals surface area contributed by atoms with Crippen molar-refractivity contribution in [1.82, 2.24) is 9.97 Å². The summed E-state index contributed by atoms with van der Waals surface area (Å²) in [7, 11) is -3.73. The van der Waals surface area contributed by atoms with Crippen molar-refractivity contribution in [2.75, 3.05) is 11.5 Å². The van der Waals surface area contributed by atoms with E-state index in [9.17, 15) is 13.7 Å². The highest BCUT2D eigenvalue weighted by Gasteiger charge is 2.23. The van der Waals surface area contributed by atoms with Crippen molar-refractivity contribution in [3.05, 3.63) is 83.7 Å². The average Bonchev–Trinajstić information content (AvgIpc) is 3.55. The number of thiophene rings is 1. The fourth-order valence-electron chi connectivity index (χ4n) is 3.45. The fraction of sp³-hybridized carbons (Fsp3) is 0.0800. The van der Waals surface area contributed by atoms with Gasteiger partial charge in [0.25, 0.3) is 0 Å². The molecule has 0 unspecified atom stereocenters. The Morgan fingerprint density at radius 2 is 1.79 bits per heavy atom. The van der Waals surface area contributed by atoms with Gasteiger partial charge in [-0.25, -0.2) is 13.4 Å². The molecular weight excluding hydrogens is 486 g/mol. The van der Waals surface area contributed by atoms with E-state index in [1.54, 1.807) is 35.6 Å². The molecule has 0 aliphatic rings. The van der Waals surface area contributed by atoms with E-state index < -0.39 is 9.84 Å². The minimum absolute atomic E-state index is 0.194. The van der Waals surface area contributed by atoms with Gasteiger partial charge in [0.2, 0.25) is 9.84 Å². The van der Waals surface area contributed by atoms with Crippen LogP contribution in [-0.2, 0) is 9.84 Å². The van der Waals surface area contributed by atoms with Crippen LogP contribution in [0.1, 0.15) is 5.56 Å². The number of oxazole rings is 1. The van der Waals surface area contributed by atoms with Gasteiger partial charge in [-0.2, -0.15) is 10.2 Å². The fourth-order valence-corrected chi connectivity index (χ4v) is 6.63. The van der Waals surface area contributed by atoms with Crippen LogP contribution in [0, 0.1) is 11.3 Å². The molecule has 0 amide bonds. The van der Waals surface area contributed by atoms with Crippen molar-refractivity contribution >= 4 is 44.0 Å². The number of benzene rings is 2. The van der Waals surface area contributed by atoms with Gasteiger partial charge in [-0.3, -0.25) is 0 Å². The van der Waals surface area contributed by atoms with Gasteiger partial charge in [-0.05, 0) is 35.2 Å². The second kappa shape index (κ2) is 9.43. The summed E-state index contributed by atoms with van der Waals surface area (Å²) in [4.78, 5) is 9.81. The first-order valence-electron chi connectivity index (χ1n) is 10.3. The zero-order valence-electron chi connectivity index (χ0n) is 17.7. The molecule has 0 aliphatic heterocycles. The first-order chi connectivity index (χ1) is 16.5. The summed E-state index contributed by atoms with van der Waals surface area (Å²) in [5.41, 5.74) is 3.77. The van der Waals surface area contributed by atoms with Gasteiger partial charge in [0.1, 0.15) is 16.6 Å². The normalized spacial score (nSPS) is 11.5. The highest BCUT2D eigenvalue weighted by atomic mass is 32.2. The third-order valence-electron chi connectivity index (χ3n) is 5.09. The van der Waals surface area contributed by atoms with E-state index in [4.69, 9.17) is 9.40 Å². The smallest absolute Gasteiger partial charge is 0.316 e. The molecule has 168 valence electrons. The lowest BCUT2D eigenvalue weighted by Crippen LogP contribution is -2.09. The predicted molar refractivity (Wildman–Crippen MR) is 134 cm³/mol. The van der Waals surface area contributed by atoms with Crippen molar-refractivity contribution in [3.8, 4) is 27.8 Å². The number of sulfone groups is 1. The van der Waals surface area contributed by atoms with E-state index >= 15 is 0 Å². The first kappa shape index (κ1) is 22.3.